The first-order valence-corrected chi connectivity index (χ1v) is 6.65. The lowest BCUT2D eigenvalue weighted by Crippen LogP contribution is -2.45. The van der Waals surface area contributed by atoms with Gasteiger partial charge in [0.25, 0.3) is 5.91 Å². The summed E-state index contributed by atoms with van der Waals surface area (Å²) < 4.78 is 1.53. The highest BCUT2D eigenvalue weighted by molar-refractivity contribution is 5.94. The van der Waals surface area contributed by atoms with Gasteiger partial charge in [0.2, 0.25) is 0 Å². The first-order chi connectivity index (χ1) is 9.83. The van der Waals surface area contributed by atoms with Crippen molar-refractivity contribution in [2.24, 2.45) is 0 Å². The molecule has 1 fully saturated rings. The minimum Gasteiger partial charge on any atom is -0.348 e. The maximum absolute atomic E-state index is 12.2. The van der Waals surface area contributed by atoms with Crippen LogP contribution in [0.15, 0.2) is 31.0 Å². The minimum absolute atomic E-state index is 0. The van der Waals surface area contributed by atoms with E-state index in [1.165, 1.54) is 11.0 Å². The summed E-state index contributed by atoms with van der Waals surface area (Å²) in [5, 5.41) is 10.3. The Labute approximate surface area is 140 Å². The Morgan fingerprint density at radius 1 is 1.41 bits per heavy atom. The van der Waals surface area contributed by atoms with E-state index < -0.39 is 0 Å². The second-order valence-corrected chi connectivity index (χ2v) is 4.76. The van der Waals surface area contributed by atoms with Crippen LogP contribution in [0.25, 0.3) is 5.82 Å². The second-order valence-electron chi connectivity index (χ2n) is 4.76. The van der Waals surface area contributed by atoms with Gasteiger partial charge >= 0.3 is 0 Å². The topological polar surface area (TPSA) is 84.7 Å². The van der Waals surface area contributed by atoms with Crippen molar-refractivity contribution >= 4 is 30.7 Å². The molecule has 0 unspecified atom stereocenters. The Balaban J connectivity index is 0.00000121. The zero-order valence-corrected chi connectivity index (χ0v) is 13.4. The number of halogens is 2. The van der Waals surface area contributed by atoms with Gasteiger partial charge in [0, 0.05) is 24.3 Å². The van der Waals surface area contributed by atoms with Crippen molar-refractivity contribution in [1.82, 2.24) is 30.4 Å². The molecule has 0 saturated carbocycles. The van der Waals surface area contributed by atoms with Crippen molar-refractivity contribution in [2.45, 2.75) is 18.9 Å². The third kappa shape index (κ3) is 4.40. The van der Waals surface area contributed by atoms with E-state index in [0.717, 1.165) is 25.9 Å². The summed E-state index contributed by atoms with van der Waals surface area (Å²) in [5.74, 6) is 0.499. The van der Waals surface area contributed by atoms with E-state index >= 15 is 0 Å². The number of carbonyl (C=O) groups excluding carboxylic acids is 1. The van der Waals surface area contributed by atoms with Gasteiger partial charge in [-0.15, -0.1) is 24.8 Å². The van der Waals surface area contributed by atoms with Crippen molar-refractivity contribution in [3.05, 3.63) is 36.5 Å². The molecule has 0 aliphatic carbocycles. The second kappa shape index (κ2) is 8.67. The number of hydrogen-bond acceptors (Lipinski definition) is 5. The van der Waals surface area contributed by atoms with Gasteiger partial charge in [-0.05, 0) is 31.5 Å². The number of pyridine rings is 1. The van der Waals surface area contributed by atoms with Gasteiger partial charge in [-0.2, -0.15) is 5.10 Å². The largest absolute Gasteiger partial charge is 0.348 e. The van der Waals surface area contributed by atoms with Crippen LogP contribution in [0.5, 0.6) is 0 Å². The molecule has 7 nitrogen and oxygen atoms in total. The zero-order chi connectivity index (χ0) is 13.8. The summed E-state index contributed by atoms with van der Waals surface area (Å²) in [6, 6.07) is 3.60. The molecular formula is C13H18Cl2N6O. The van der Waals surface area contributed by atoms with Crippen LogP contribution in [0, 0.1) is 0 Å². The average molecular weight is 345 g/mol. The van der Waals surface area contributed by atoms with Crippen LogP contribution in [0.3, 0.4) is 0 Å². The van der Waals surface area contributed by atoms with Gasteiger partial charge in [-0.25, -0.2) is 14.6 Å². The van der Waals surface area contributed by atoms with E-state index in [1.807, 2.05) is 0 Å². The molecule has 3 heterocycles. The lowest BCUT2D eigenvalue weighted by atomic mass is 10.1. The standard InChI is InChI=1S/C13H16N6O.2ClH/c20-13(18-11-2-1-4-14-7-11)10-3-5-16-12(6-10)19-9-15-8-17-19;;/h3,5-6,8-9,11,14H,1-2,4,7H2,(H,18,20);2*1H/t11-;;/m0../s1. The Morgan fingerprint density at radius 3 is 2.95 bits per heavy atom. The highest BCUT2D eigenvalue weighted by Gasteiger charge is 2.16. The average Bonchev–Trinajstić information content (AvgIpc) is 3.03. The molecule has 1 saturated heterocycles. The number of piperidine rings is 1. The quantitative estimate of drug-likeness (QED) is 0.867. The van der Waals surface area contributed by atoms with Crippen molar-refractivity contribution in [3.8, 4) is 5.82 Å². The Hall–Kier alpha value is -1.70. The molecule has 2 aromatic heterocycles. The van der Waals surface area contributed by atoms with Crippen LogP contribution in [-0.4, -0.2) is 44.8 Å². The Kier molecular flexibility index (Phi) is 7.23. The highest BCUT2D eigenvalue weighted by atomic mass is 35.5. The molecule has 1 aliphatic rings. The number of rotatable bonds is 3. The Bertz CT molecular complexity index is 586. The fourth-order valence-electron chi connectivity index (χ4n) is 2.26. The van der Waals surface area contributed by atoms with Crippen molar-refractivity contribution < 1.29 is 4.79 Å². The predicted molar refractivity (Wildman–Crippen MR) is 87.0 cm³/mol. The maximum atomic E-state index is 12.2. The van der Waals surface area contributed by atoms with Gasteiger partial charge in [0.05, 0.1) is 0 Å². The van der Waals surface area contributed by atoms with Crippen LogP contribution >= 0.6 is 24.8 Å². The van der Waals surface area contributed by atoms with E-state index in [2.05, 4.69) is 25.7 Å². The van der Waals surface area contributed by atoms with E-state index in [0.29, 0.717) is 11.4 Å². The summed E-state index contributed by atoms with van der Waals surface area (Å²) in [7, 11) is 0. The number of amides is 1. The van der Waals surface area contributed by atoms with Crippen molar-refractivity contribution in [2.75, 3.05) is 13.1 Å². The molecule has 2 N–H and O–H groups in total. The molecule has 0 radical (unpaired) electrons. The number of aromatic nitrogens is 4. The van der Waals surface area contributed by atoms with Crippen LogP contribution in [0.1, 0.15) is 23.2 Å². The van der Waals surface area contributed by atoms with Crippen LogP contribution in [0.2, 0.25) is 0 Å². The fraction of sp³-hybridized carbons (Fsp3) is 0.385. The molecule has 2 aromatic rings. The van der Waals surface area contributed by atoms with Crippen molar-refractivity contribution in [1.29, 1.82) is 0 Å². The summed E-state index contributed by atoms with van der Waals surface area (Å²) in [4.78, 5) is 20.3. The Morgan fingerprint density at radius 2 is 2.27 bits per heavy atom. The van der Waals surface area contributed by atoms with Crippen molar-refractivity contribution in [3.63, 3.8) is 0 Å². The highest BCUT2D eigenvalue weighted by Crippen LogP contribution is 2.07. The molecule has 1 amide bonds. The lowest BCUT2D eigenvalue weighted by Gasteiger charge is -2.23. The summed E-state index contributed by atoms with van der Waals surface area (Å²) in [6.45, 7) is 1.85. The molecular weight excluding hydrogens is 327 g/mol. The van der Waals surface area contributed by atoms with Crippen LogP contribution in [0.4, 0.5) is 0 Å². The molecule has 3 rings (SSSR count). The zero-order valence-electron chi connectivity index (χ0n) is 11.8. The molecule has 120 valence electrons. The molecule has 0 bridgehead atoms. The molecule has 22 heavy (non-hydrogen) atoms. The molecule has 1 atom stereocenters. The number of carbonyl (C=O) groups is 1. The number of hydrogen-bond donors (Lipinski definition) is 2. The molecule has 0 spiro atoms. The summed E-state index contributed by atoms with van der Waals surface area (Å²) in [6.07, 6.45) is 6.69. The fourth-order valence-corrected chi connectivity index (χ4v) is 2.26. The van der Waals surface area contributed by atoms with Gasteiger partial charge in [-0.1, -0.05) is 0 Å². The smallest absolute Gasteiger partial charge is 0.251 e. The van der Waals surface area contributed by atoms with Crippen LogP contribution in [-0.2, 0) is 0 Å². The minimum atomic E-state index is -0.0811. The van der Waals surface area contributed by atoms with Gasteiger partial charge in [0.1, 0.15) is 12.7 Å². The maximum Gasteiger partial charge on any atom is 0.251 e. The van der Waals surface area contributed by atoms with E-state index in [-0.39, 0.29) is 36.8 Å². The SMILES string of the molecule is Cl.Cl.O=C(N[C@H]1CCCNC1)c1ccnc(-n2cncn2)c1. The van der Waals surface area contributed by atoms with Gasteiger partial charge in [-0.3, -0.25) is 4.79 Å². The number of nitrogens with one attached hydrogen (secondary N) is 2. The van der Waals surface area contributed by atoms with Crippen LogP contribution < -0.4 is 10.6 Å². The summed E-state index contributed by atoms with van der Waals surface area (Å²) in [5.41, 5.74) is 0.580. The summed E-state index contributed by atoms with van der Waals surface area (Å²) >= 11 is 0. The van der Waals surface area contributed by atoms with E-state index in [9.17, 15) is 4.79 Å². The van der Waals surface area contributed by atoms with E-state index in [4.69, 9.17) is 0 Å². The van der Waals surface area contributed by atoms with Gasteiger partial charge in [0.15, 0.2) is 5.82 Å². The normalized spacial score (nSPS) is 17.0. The van der Waals surface area contributed by atoms with Gasteiger partial charge < -0.3 is 10.6 Å². The third-order valence-electron chi connectivity index (χ3n) is 3.29. The predicted octanol–water partition coefficient (Wildman–Crippen LogP) is 0.988. The molecule has 1 aliphatic heterocycles. The third-order valence-corrected chi connectivity index (χ3v) is 3.29. The molecule has 0 aromatic carbocycles. The first-order valence-electron chi connectivity index (χ1n) is 6.65. The number of nitrogens with zero attached hydrogens (tertiary/aromatic N) is 4. The lowest BCUT2D eigenvalue weighted by molar-refractivity contribution is 0.0930. The monoisotopic (exact) mass is 344 g/mol. The first kappa shape index (κ1) is 18.3. The molecule has 9 heteroatoms. The van der Waals surface area contributed by atoms with E-state index in [1.54, 1.807) is 24.7 Å².